The molecule has 1 aliphatic rings. The van der Waals surface area contributed by atoms with Gasteiger partial charge in [-0.25, -0.2) is 0 Å². The fraction of sp³-hybridized carbons (Fsp3) is 1.00. The van der Waals surface area contributed by atoms with Gasteiger partial charge in [-0.3, -0.25) is 0 Å². The van der Waals surface area contributed by atoms with Gasteiger partial charge in [0.05, 0.1) is 12.7 Å². The fourth-order valence-electron chi connectivity index (χ4n) is 2.17. The molecule has 0 N–H and O–H groups in total. The molecule has 0 aromatic rings. The molecule has 0 amide bonds. The first-order valence-corrected chi connectivity index (χ1v) is 5.79. The zero-order chi connectivity index (χ0) is 11.0. The standard InChI is InChI=1S/C13H26O/c1-12(2,3)7-10-9-14-11(10)8-13(4,5)6/h10-11H,7-9H2,1-6H3/t10-,11+/m0/s1. The van der Waals surface area contributed by atoms with Crippen molar-refractivity contribution in [2.45, 2.75) is 60.5 Å². The topological polar surface area (TPSA) is 9.23 Å². The van der Waals surface area contributed by atoms with E-state index in [9.17, 15) is 0 Å². The SMILES string of the molecule is CC(C)(C)C[C@H]1CO[C@@H]1CC(C)(C)C. The summed E-state index contributed by atoms with van der Waals surface area (Å²) in [7, 11) is 0. The van der Waals surface area contributed by atoms with Crippen LogP contribution in [-0.2, 0) is 4.74 Å². The van der Waals surface area contributed by atoms with Gasteiger partial charge in [0, 0.05) is 5.92 Å². The number of rotatable bonds is 2. The minimum absolute atomic E-state index is 0.404. The maximum atomic E-state index is 5.67. The molecule has 1 heterocycles. The predicted molar refractivity (Wildman–Crippen MR) is 61.4 cm³/mol. The Kier molecular flexibility index (Phi) is 3.30. The molecule has 0 saturated carbocycles. The summed E-state index contributed by atoms with van der Waals surface area (Å²) in [6.07, 6.45) is 3.02. The molecule has 2 atom stereocenters. The summed E-state index contributed by atoms with van der Waals surface area (Å²) in [5.74, 6) is 0.800. The quantitative estimate of drug-likeness (QED) is 0.654. The summed E-state index contributed by atoms with van der Waals surface area (Å²) in [6, 6.07) is 0. The Bertz CT molecular complexity index is 160. The molecule has 0 unspecified atom stereocenters. The number of ether oxygens (including phenoxy) is 1. The van der Waals surface area contributed by atoms with Crippen molar-refractivity contribution in [2.24, 2.45) is 16.7 Å². The molecule has 1 saturated heterocycles. The predicted octanol–water partition coefficient (Wildman–Crippen LogP) is 3.87. The van der Waals surface area contributed by atoms with Gasteiger partial charge < -0.3 is 4.74 Å². The summed E-state index contributed by atoms with van der Waals surface area (Å²) in [4.78, 5) is 0. The monoisotopic (exact) mass is 198 g/mol. The van der Waals surface area contributed by atoms with Crippen LogP contribution in [0.25, 0.3) is 0 Å². The van der Waals surface area contributed by atoms with Crippen molar-refractivity contribution in [2.75, 3.05) is 6.61 Å². The molecular weight excluding hydrogens is 172 g/mol. The second-order valence-electron chi connectivity index (χ2n) is 7.16. The second-order valence-corrected chi connectivity index (χ2v) is 7.16. The van der Waals surface area contributed by atoms with Crippen LogP contribution in [0.4, 0.5) is 0 Å². The first kappa shape index (κ1) is 12.0. The third-order valence-corrected chi connectivity index (χ3v) is 2.74. The van der Waals surface area contributed by atoms with Crippen LogP contribution in [0.3, 0.4) is 0 Å². The van der Waals surface area contributed by atoms with E-state index in [1.165, 1.54) is 12.8 Å². The summed E-state index contributed by atoms with van der Waals surface area (Å²) in [5.41, 5.74) is 0.853. The average molecular weight is 198 g/mol. The molecule has 1 heteroatoms. The van der Waals surface area contributed by atoms with E-state index in [2.05, 4.69) is 41.5 Å². The second kappa shape index (κ2) is 3.84. The molecule has 84 valence electrons. The van der Waals surface area contributed by atoms with Gasteiger partial charge in [-0.1, -0.05) is 41.5 Å². The number of hydrogen-bond acceptors (Lipinski definition) is 1. The lowest BCUT2D eigenvalue weighted by molar-refractivity contribution is -0.141. The van der Waals surface area contributed by atoms with Crippen LogP contribution in [-0.4, -0.2) is 12.7 Å². The Hall–Kier alpha value is -0.0400. The van der Waals surface area contributed by atoms with E-state index in [0.29, 0.717) is 16.9 Å². The van der Waals surface area contributed by atoms with Crippen LogP contribution in [0, 0.1) is 16.7 Å². The van der Waals surface area contributed by atoms with Crippen molar-refractivity contribution in [1.29, 1.82) is 0 Å². The maximum Gasteiger partial charge on any atom is 0.0630 e. The van der Waals surface area contributed by atoms with E-state index < -0.39 is 0 Å². The van der Waals surface area contributed by atoms with Crippen molar-refractivity contribution < 1.29 is 4.74 Å². The van der Waals surface area contributed by atoms with Crippen LogP contribution in [0.1, 0.15) is 54.4 Å². The molecule has 0 aromatic carbocycles. The van der Waals surface area contributed by atoms with E-state index in [0.717, 1.165) is 12.5 Å². The summed E-state index contributed by atoms with van der Waals surface area (Å²) in [5, 5.41) is 0. The van der Waals surface area contributed by atoms with Crippen molar-refractivity contribution in [1.82, 2.24) is 0 Å². The van der Waals surface area contributed by atoms with Gasteiger partial charge in [0.2, 0.25) is 0 Å². The summed E-state index contributed by atoms with van der Waals surface area (Å²) >= 11 is 0. The van der Waals surface area contributed by atoms with Gasteiger partial charge >= 0.3 is 0 Å². The van der Waals surface area contributed by atoms with Crippen molar-refractivity contribution in [3.05, 3.63) is 0 Å². The van der Waals surface area contributed by atoms with Gasteiger partial charge in [-0.2, -0.15) is 0 Å². The highest BCUT2D eigenvalue weighted by atomic mass is 16.5. The van der Waals surface area contributed by atoms with Gasteiger partial charge in [0.15, 0.2) is 0 Å². The lowest BCUT2D eigenvalue weighted by atomic mass is 9.75. The van der Waals surface area contributed by atoms with Gasteiger partial charge in [-0.05, 0) is 23.7 Å². The first-order valence-electron chi connectivity index (χ1n) is 5.79. The molecule has 0 aliphatic carbocycles. The highest BCUT2D eigenvalue weighted by Gasteiger charge is 2.36. The van der Waals surface area contributed by atoms with E-state index in [1.807, 2.05) is 0 Å². The lowest BCUT2D eigenvalue weighted by Gasteiger charge is -2.43. The first-order chi connectivity index (χ1) is 6.17. The largest absolute Gasteiger partial charge is 0.377 e. The molecule has 0 radical (unpaired) electrons. The molecule has 1 fully saturated rings. The Balaban J connectivity index is 2.36. The number of hydrogen-bond donors (Lipinski definition) is 0. The third kappa shape index (κ3) is 4.00. The molecule has 0 aromatic heterocycles. The molecule has 14 heavy (non-hydrogen) atoms. The Morgan fingerprint density at radius 1 is 0.929 bits per heavy atom. The minimum atomic E-state index is 0.404. The Labute approximate surface area is 89.2 Å². The summed E-state index contributed by atoms with van der Waals surface area (Å²) in [6.45, 7) is 14.8. The molecule has 1 nitrogen and oxygen atoms in total. The van der Waals surface area contributed by atoms with Crippen LogP contribution in [0.15, 0.2) is 0 Å². The normalized spacial score (nSPS) is 28.7. The maximum absolute atomic E-state index is 5.67. The van der Waals surface area contributed by atoms with Gasteiger partial charge in [-0.15, -0.1) is 0 Å². The van der Waals surface area contributed by atoms with Crippen molar-refractivity contribution in [3.8, 4) is 0 Å². The van der Waals surface area contributed by atoms with Crippen LogP contribution in [0.5, 0.6) is 0 Å². The smallest absolute Gasteiger partial charge is 0.0630 e. The van der Waals surface area contributed by atoms with Crippen LogP contribution < -0.4 is 0 Å². The third-order valence-electron chi connectivity index (χ3n) is 2.74. The zero-order valence-electron chi connectivity index (χ0n) is 10.7. The summed E-state index contributed by atoms with van der Waals surface area (Å²) < 4.78 is 5.67. The van der Waals surface area contributed by atoms with E-state index in [-0.39, 0.29) is 0 Å². The van der Waals surface area contributed by atoms with Crippen molar-refractivity contribution in [3.63, 3.8) is 0 Å². The molecule has 0 bridgehead atoms. The molecular formula is C13H26O. The Morgan fingerprint density at radius 3 is 1.71 bits per heavy atom. The highest BCUT2D eigenvalue weighted by molar-refractivity contribution is 4.85. The van der Waals surface area contributed by atoms with Crippen LogP contribution in [0.2, 0.25) is 0 Å². The van der Waals surface area contributed by atoms with Crippen LogP contribution >= 0.6 is 0 Å². The molecule has 1 rings (SSSR count). The molecule has 0 spiro atoms. The van der Waals surface area contributed by atoms with E-state index in [4.69, 9.17) is 4.74 Å². The van der Waals surface area contributed by atoms with E-state index in [1.54, 1.807) is 0 Å². The average Bonchev–Trinajstić information content (AvgIpc) is 1.91. The molecule has 1 aliphatic heterocycles. The van der Waals surface area contributed by atoms with Gasteiger partial charge in [0.1, 0.15) is 0 Å². The minimum Gasteiger partial charge on any atom is -0.377 e. The fourth-order valence-corrected chi connectivity index (χ4v) is 2.17. The van der Waals surface area contributed by atoms with E-state index >= 15 is 0 Å². The van der Waals surface area contributed by atoms with Gasteiger partial charge in [0.25, 0.3) is 0 Å². The highest BCUT2D eigenvalue weighted by Crippen LogP contribution is 2.38. The van der Waals surface area contributed by atoms with Crippen molar-refractivity contribution >= 4 is 0 Å². The lowest BCUT2D eigenvalue weighted by Crippen LogP contribution is -2.43. The Morgan fingerprint density at radius 2 is 1.43 bits per heavy atom. The zero-order valence-corrected chi connectivity index (χ0v) is 10.7.